The normalized spacial score (nSPS) is 19.6. The lowest BCUT2D eigenvalue weighted by atomic mass is 10.1. The molecule has 3 N–H and O–H groups in total. The van der Waals surface area contributed by atoms with Gasteiger partial charge in [0.05, 0.1) is 27.8 Å². The van der Waals surface area contributed by atoms with E-state index in [1.54, 1.807) is 0 Å². The summed E-state index contributed by atoms with van der Waals surface area (Å²) in [7, 11) is -5.83. The highest BCUT2D eigenvalue weighted by Gasteiger charge is 2.02. The van der Waals surface area contributed by atoms with Gasteiger partial charge < -0.3 is 24.8 Å². The lowest BCUT2D eigenvalue weighted by molar-refractivity contribution is -0.110. The van der Waals surface area contributed by atoms with E-state index in [1.807, 2.05) is 0 Å². The Morgan fingerprint density at radius 2 is 1.48 bits per heavy atom. The molecule has 2 aromatic carbocycles. The maximum Gasteiger partial charge on any atom is 0.182 e. The smallest absolute Gasteiger partial charge is 0.182 e. The van der Waals surface area contributed by atoms with Crippen molar-refractivity contribution >= 4 is 17.9 Å². The van der Waals surface area contributed by atoms with Crippen molar-refractivity contribution in [2.75, 3.05) is 14.1 Å². The molecule has 0 fully saturated rings. The Hall–Kier alpha value is -3.67. The Bertz CT molecular complexity index is 1290. The third-order valence-corrected chi connectivity index (χ3v) is 3.07. The minimum atomic E-state index is -2.92. The number of aromatic hydroxyl groups is 2. The molecule has 0 heterocycles. The molecule has 0 amide bonds. The Morgan fingerprint density at radius 3 is 2.00 bits per heavy atom. The molecule has 0 spiro atoms. The molecule has 6 nitrogen and oxygen atoms in total. The number of methoxy groups -OCH3 is 2. The van der Waals surface area contributed by atoms with Crippen molar-refractivity contribution in [2.24, 2.45) is 0 Å². The Labute approximate surface area is 171 Å². The SMILES string of the molecule is [2H]/C(C(=O)/C=C(O)/C([2H])=C(\[2H])c1ccc(O)c(OC([2H])([2H])[2H])c1)=C(/[2H])c1ccc(O)c(OC([2H])([2H])[2H])c1. The van der Waals surface area contributed by atoms with E-state index in [1.165, 1.54) is 0 Å². The summed E-state index contributed by atoms with van der Waals surface area (Å²) in [6, 6.07) is 2.82. The highest BCUT2D eigenvalue weighted by Crippen LogP contribution is 2.27. The van der Waals surface area contributed by atoms with Gasteiger partial charge in [-0.3, -0.25) is 4.79 Å². The number of ketones is 1. The molecule has 0 aromatic heterocycles. The van der Waals surface area contributed by atoms with Crippen molar-refractivity contribution in [3.63, 3.8) is 0 Å². The van der Waals surface area contributed by atoms with E-state index in [9.17, 15) is 20.1 Å². The van der Waals surface area contributed by atoms with Crippen LogP contribution in [0.4, 0.5) is 0 Å². The van der Waals surface area contributed by atoms with Crippen LogP contribution in [0.1, 0.15) is 24.8 Å². The van der Waals surface area contributed by atoms with E-state index >= 15 is 0 Å². The number of carbonyl (C=O) groups excluding carboxylic acids is 1. The fraction of sp³-hybridized carbons (Fsp3) is 0.0952. The third-order valence-electron chi connectivity index (χ3n) is 3.07. The number of hydrogen-bond donors (Lipinski definition) is 3. The van der Waals surface area contributed by atoms with E-state index < -0.39 is 72.8 Å². The van der Waals surface area contributed by atoms with Gasteiger partial charge in [0.1, 0.15) is 5.76 Å². The molecular formula is C21H20O6. The summed E-state index contributed by atoms with van der Waals surface area (Å²) < 4.78 is 83.8. The summed E-state index contributed by atoms with van der Waals surface area (Å²) >= 11 is 0. The lowest BCUT2D eigenvalue weighted by Crippen LogP contribution is -1.89. The van der Waals surface area contributed by atoms with Gasteiger partial charge >= 0.3 is 0 Å². The number of allylic oxidation sites excluding steroid dienone is 3. The van der Waals surface area contributed by atoms with Crippen molar-refractivity contribution in [3.05, 3.63) is 71.5 Å². The molecule has 2 rings (SSSR count). The maximum absolute atomic E-state index is 12.4. The van der Waals surface area contributed by atoms with Gasteiger partial charge in [0.2, 0.25) is 0 Å². The molecule has 2 aromatic rings. The van der Waals surface area contributed by atoms with Crippen LogP contribution in [-0.4, -0.2) is 35.2 Å². The fourth-order valence-corrected chi connectivity index (χ4v) is 1.81. The standard InChI is InChI=1S/C21H20O6/c1-26-20-11-14(5-9-18(20)24)3-7-16(22)13-17(23)8-4-15-6-10-19(25)21(12-15)27-2/h3-13,22,24-25H,1-2H3/b7-3+,8-4+,16-13-/i1D3,2D3,3D,4D,7D,8D. The lowest BCUT2D eigenvalue weighted by Gasteiger charge is -2.03. The van der Waals surface area contributed by atoms with Gasteiger partial charge in [0, 0.05) is 6.08 Å². The van der Waals surface area contributed by atoms with Crippen LogP contribution in [0.3, 0.4) is 0 Å². The van der Waals surface area contributed by atoms with Crippen LogP contribution in [0.2, 0.25) is 0 Å². The molecule has 6 heteroatoms. The van der Waals surface area contributed by atoms with Crippen LogP contribution in [0.5, 0.6) is 23.0 Å². The monoisotopic (exact) mass is 378 g/mol. The molecule has 140 valence electrons. The van der Waals surface area contributed by atoms with Crippen molar-refractivity contribution in [3.8, 4) is 23.0 Å². The molecule has 0 aliphatic heterocycles. The minimum Gasteiger partial charge on any atom is -0.508 e. The number of aliphatic hydroxyl groups is 1. The first-order valence-corrected chi connectivity index (χ1v) is 7.24. The van der Waals surface area contributed by atoms with Gasteiger partial charge in [-0.15, -0.1) is 0 Å². The van der Waals surface area contributed by atoms with Gasteiger partial charge in [0.25, 0.3) is 0 Å². The molecule has 0 saturated heterocycles. The predicted molar refractivity (Wildman–Crippen MR) is 103 cm³/mol. The number of phenols is 2. The molecule has 0 unspecified atom stereocenters. The molecule has 0 aliphatic rings. The van der Waals surface area contributed by atoms with Gasteiger partial charge in [-0.1, -0.05) is 24.2 Å². The zero-order valence-electron chi connectivity index (χ0n) is 23.6. The highest BCUT2D eigenvalue weighted by molar-refractivity contribution is 6.02. The molecule has 0 aliphatic carbocycles. The zero-order chi connectivity index (χ0) is 28.3. The first kappa shape index (κ1) is 9.87. The minimum absolute atomic E-state index is 0.150. The number of aliphatic hydroxyl groups excluding tert-OH is 1. The van der Waals surface area contributed by atoms with Crippen LogP contribution in [0.25, 0.3) is 12.1 Å². The Morgan fingerprint density at radius 1 is 0.963 bits per heavy atom. The van der Waals surface area contributed by atoms with Crippen molar-refractivity contribution in [2.45, 2.75) is 0 Å². The summed E-state index contributed by atoms with van der Waals surface area (Å²) in [5.41, 5.74) is -0.319. The fourth-order valence-electron chi connectivity index (χ4n) is 1.81. The summed E-state index contributed by atoms with van der Waals surface area (Å²) in [5, 5.41) is 29.6. The maximum atomic E-state index is 12.4. The van der Waals surface area contributed by atoms with Crippen LogP contribution < -0.4 is 9.47 Å². The molecule has 0 saturated carbocycles. The van der Waals surface area contributed by atoms with E-state index in [-0.39, 0.29) is 11.1 Å². The number of ether oxygens (including phenoxy) is 2. The molecule has 0 radical (unpaired) electrons. The second-order valence-corrected chi connectivity index (χ2v) is 4.96. The molecule has 27 heavy (non-hydrogen) atoms. The largest absolute Gasteiger partial charge is 0.508 e. The highest BCUT2D eigenvalue weighted by atomic mass is 16.5. The number of carbonyl (C=O) groups is 1. The molecule has 0 bridgehead atoms. The third kappa shape index (κ3) is 5.67. The quantitative estimate of drug-likeness (QED) is 0.385. The van der Waals surface area contributed by atoms with E-state index in [2.05, 4.69) is 9.47 Å². The van der Waals surface area contributed by atoms with E-state index in [0.717, 1.165) is 36.4 Å². The van der Waals surface area contributed by atoms with Gasteiger partial charge in [-0.2, -0.15) is 0 Å². The number of benzene rings is 2. The summed E-state index contributed by atoms with van der Waals surface area (Å²) in [6.45, 7) is 0. The number of phenolic OH excluding ortho intramolecular Hbond substituents is 2. The molecule has 0 atom stereocenters. The Balaban J connectivity index is 2.39. The first-order chi connectivity index (χ1) is 16.9. The Kier molecular flexibility index (Phi) is 3.34. The number of hydrogen-bond acceptors (Lipinski definition) is 6. The van der Waals surface area contributed by atoms with Gasteiger partial charge in [0.15, 0.2) is 28.8 Å². The van der Waals surface area contributed by atoms with Gasteiger partial charge in [-0.25, -0.2) is 0 Å². The second kappa shape index (κ2) is 9.15. The van der Waals surface area contributed by atoms with Crippen LogP contribution in [-0.2, 0) is 4.79 Å². The van der Waals surface area contributed by atoms with Crippen molar-refractivity contribution in [1.82, 2.24) is 0 Å². The average molecular weight is 378 g/mol. The summed E-state index contributed by atoms with van der Waals surface area (Å²) in [5.74, 6) is -4.45. The van der Waals surface area contributed by atoms with Crippen LogP contribution in [0.15, 0.2) is 60.3 Å². The molecular weight excluding hydrogens is 348 g/mol. The van der Waals surface area contributed by atoms with E-state index in [0.29, 0.717) is 6.08 Å². The van der Waals surface area contributed by atoms with Crippen LogP contribution >= 0.6 is 0 Å². The van der Waals surface area contributed by atoms with Gasteiger partial charge in [-0.05, 0) is 47.5 Å². The first-order valence-electron chi connectivity index (χ1n) is 12.2. The average Bonchev–Trinajstić information content (AvgIpc) is 2.78. The summed E-state index contributed by atoms with van der Waals surface area (Å²) in [6.07, 6.45) is 0.411. The van der Waals surface area contributed by atoms with Crippen LogP contribution in [0, 0.1) is 0 Å². The summed E-state index contributed by atoms with van der Waals surface area (Å²) in [4.78, 5) is 12.4. The van der Waals surface area contributed by atoms with Crippen molar-refractivity contribution in [1.29, 1.82) is 0 Å². The predicted octanol–water partition coefficient (Wildman–Crippen LogP) is 3.85. The van der Waals surface area contributed by atoms with E-state index in [4.69, 9.17) is 13.7 Å². The number of rotatable bonds is 7. The second-order valence-electron chi connectivity index (χ2n) is 4.96. The zero-order valence-corrected chi connectivity index (χ0v) is 13.6. The topological polar surface area (TPSA) is 96.2 Å². The van der Waals surface area contributed by atoms with Crippen molar-refractivity contribution < 1.29 is 43.3 Å².